The molecule has 3 aliphatic rings. The second-order valence-electron chi connectivity index (χ2n) is 12.2. The van der Waals surface area contributed by atoms with Gasteiger partial charge in [0, 0.05) is 21.5 Å². The summed E-state index contributed by atoms with van der Waals surface area (Å²) in [6.45, 7) is 11.8. The molecule has 5 rings (SSSR count). The molecule has 0 saturated heterocycles. The third-order valence-corrected chi connectivity index (χ3v) is 11.5. The third-order valence-electron chi connectivity index (χ3n) is 9.68. The highest BCUT2D eigenvalue weighted by atomic mass is 32.2. The van der Waals surface area contributed by atoms with E-state index in [-0.39, 0.29) is 22.6 Å². The van der Waals surface area contributed by atoms with Crippen LogP contribution in [-0.4, -0.2) is 23.3 Å². The Morgan fingerprint density at radius 2 is 2.15 bits per heavy atom. The van der Waals surface area contributed by atoms with E-state index >= 15 is 0 Å². The van der Waals surface area contributed by atoms with Crippen LogP contribution >= 0.6 is 23.1 Å². The fourth-order valence-electron chi connectivity index (χ4n) is 7.63. The number of carbonyl (C=O) groups excluding carboxylic acids is 1. The highest BCUT2D eigenvalue weighted by Crippen LogP contribution is 2.62. The molecule has 6 heteroatoms. The van der Waals surface area contributed by atoms with Gasteiger partial charge in [-0.1, -0.05) is 69.7 Å². The predicted octanol–water partition coefficient (Wildman–Crippen LogP) is 8.72. The van der Waals surface area contributed by atoms with Crippen LogP contribution in [0.2, 0.25) is 0 Å². The molecule has 0 radical (unpaired) electrons. The van der Waals surface area contributed by atoms with Crippen molar-refractivity contribution in [1.82, 2.24) is 4.98 Å². The second kappa shape index (κ2) is 11.3. The Labute approximate surface area is 242 Å². The van der Waals surface area contributed by atoms with Gasteiger partial charge in [0.1, 0.15) is 11.1 Å². The van der Waals surface area contributed by atoms with Crippen molar-refractivity contribution >= 4 is 29.1 Å². The van der Waals surface area contributed by atoms with Crippen LogP contribution in [0, 0.1) is 34.5 Å². The quantitative estimate of drug-likeness (QED) is 0.250. The fourth-order valence-corrected chi connectivity index (χ4v) is 9.18. The van der Waals surface area contributed by atoms with Crippen LogP contribution in [0.4, 0.5) is 0 Å². The summed E-state index contributed by atoms with van der Waals surface area (Å²) in [7, 11) is 0. The van der Waals surface area contributed by atoms with E-state index in [0.717, 1.165) is 29.0 Å². The van der Waals surface area contributed by atoms with Gasteiger partial charge in [0.2, 0.25) is 0 Å². The number of hydrogen-bond donors (Lipinski definition) is 0. The van der Waals surface area contributed by atoms with Gasteiger partial charge in [-0.05, 0) is 85.3 Å². The first-order valence-electron chi connectivity index (χ1n) is 14.4. The minimum atomic E-state index is -0.274. The molecule has 1 saturated carbocycles. The van der Waals surface area contributed by atoms with Crippen LogP contribution in [0.5, 0.6) is 0 Å². The van der Waals surface area contributed by atoms with Crippen molar-refractivity contribution in [3.05, 3.63) is 58.1 Å². The number of thiophene rings is 1. The molecule has 1 fully saturated rings. The molecule has 0 N–H and O–H groups in total. The summed E-state index contributed by atoms with van der Waals surface area (Å²) in [5, 5.41) is 12.9. The van der Waals surface area contributed by atoms with E-state index in [9.17, 15) is 10.1 Å². The van der Waals surface area contributed by atoms with Crippen LogP contribution < -0.4 is 0 Å². The Balaban J connectivity index is 1.59. The van der Waals surface area contributed by atoms with E-state index in [1.807, 2.05) is 13.0 Å². The zero-order valence-electron chi connectivity index (χ0n) is 23.9. The first-order chi connectivity index (χ1) is 18.7. The molecule has 0 amide bonds. The normalized spacial score (nSPS) is 28.1. The topological polar surface area (TPSA) is 63.0 Å². The van der Waals surface area contributed by atoms with Crippen molar-refractivity contribution < 1.29 is 9.53 Å². The van der Waals surface area contributed by atoms with E-state index < -0.39 is 0 Å². The Morgan fingerprint density at radius 3 is 2.85 bits per heavy atom. The van der Waals surface area contributed by atoms with E-state index in [2.05, 4.69) is 63.4 Å². The Kier molecular flexibility index (Phi) is 8.13. The van der Waals surface area contributed by atoms with Crippen molar-refractivity contribution in [1.29, 1.82) is 5.26 Å². The molecule has 39 heavy (non-hydrogen) atoms. The van der Waals surface area contributed by atoms with Crippen LogP contribution in [-0.2, 0) is 14.9 Å². The monoisotopic (exact) mass is 560 g/mol. The fraction of sp³-hybridized carbons (Fsp3) is 0.545. The van der Waals surface area contributed by atoms with Gasteiger partial charge < -0.3 is 4.74 Å². The molecule has 0 unspecified atom stereocenters. The third kappa shape index (κ3) is 5.13. The predicted molar refractivity (Wildman–Crippen MR) is 161 cm³/mol. The number of fused-ring (bicyclic) bond motifs is 3. The number of allylic oxidation sites excluding steroid dienone is 4. The minimum absolute atomic E-state index is 0.115. The summed E-state index contributed by atoms with van der Waals surface area (Å²) in [4.78, 5) is 18.5. The molecule has 2 heterocycles. The summed E-state index contributed by atoms with van der Waals surface area (Å²) in [6, 6.07) is 8.72. The van der Waals surface area contributed by atoms with E-state index in [1.54, 1.807) is 22.5 Å². The zero-order chi connectivity index (χ0) is 27.8. The molecular weight excluding hydrogens is 521 g/mol. The molecule has 0 aliphatic heterocycles. The lowest BCUT2D eigenvalue weighted by Gasteiger charge is -2.58. The SMILES string of the molecule is CCOC(=O)CSc1nc([C@]2(C)CCC[C@@]3(C)[C@H]2CC=C2C=C(C(C)C)CC[C@@H]23)cc(-c2cccs2)c1C#N. The highest BCUT2D eigenvalue weighted by molar-refractivity contribution is 7.99. The number of carbonyl (C=O) groups is 1. The van der Waals surface area contributed by atoms with Crippen LogP contribution in [0.25, 0.3) is 10.4 Å². The molecule has 3 aliphatic carbocycles. The van der Waals surface area contributed by atoms with Gasteiger partial charge in [0.05, 0.1) is 17.9 Å². The van der Waals surface area contributed by atoms with Crippen LogP contribution in [0.1, 0.15) is 84.4 Å². The largest absolute Gasteiger partial charge is 0.465 e. The summed E-state index contributed by atoms with van der Waals surface area (Å²) in [5.74, 6) is 1.55. The molecule has 2 aromatic heterocycles. The summed E-state index contributed by atoms with van der Waals surface area (Å²) >= 11 is 2.98. The number of hydrogen-bond acceptors (Lipinski definition) is 6. The maximum atomic E-state index is 12.2. The Hall–Kier alpha value is -2.36. The second-order valence-corrected chi connectivity index (χ2v) is 14.1. The lowest BCUT2D eigenvalue weighted by atomic mass is 9.46. The van der Waals surface area contributed by atoms with Crippen LogP contribution in [0.15, 0.2) is 51.9 Å². The van der Waals surface area contributed by atoms with Gasteiger partial charge in [-0.3, -0.25) is 4.79 Å². The van der Waals surface area contributed by atoms with Gasteiger partial charge in [0.25, 0.3) is 0 Å². The van der Waals surface area contributed by atoms with E-state index in [4.69, 9.17) is 9.72 Å². The van der Waals surface area contributed by atoms with E-state index in [1.165, 1.54) is 37.4 Å². The van der Waals surface area contributed by atoms with Crippen molar-refractivity contribution in [3.63, 3.8) is 0 Å². The maximum Gasteiger partial charge on any atom is 0.316 e. The molecule has 4 atom stereocenters. The number of rotatable bonds is 7. The van der Waals surface area contributed by atoms with E-state index in [0.29, 0.717) is 35.0 Å². The van der Waals surface area contributed by atoms with Crippen LogP contribution in [0.3, 0.4) is 0 Å². The van der Waals surface area contributed by atoms with Gasteiger partial charge in [-0.2, -0.15) is 5.26 Å². The number of pyridine rings is 1. The number of nitriles is 1. The highest BCUT2D eigenvalue weighted by Gasteiger charge is 2.55. The van der Waals surface area contributed by atoms with Crippen molar-refractivity contribution in [3.8, 4) is 16.5 Å². The van der Waals surface area contributed by atoms with Crippen molar-refractivity contribution in [2.24, 2.45) is 23.2 Å². The number of nitrogens with zero attached hydrogens (tertiary/aromatic N) is 2. The number of thioether (sulfide) groups is 1. The number of esters is 1. The van der Waals surface area contributed by atoms with Gasteiger partial charge in [-0.15, -0.1) is 11.3 Å². The minimum Gasteiger partial charge on any atom is -0.465 e. The summed E-state index contributed by atoms with van der Waals surface area (Å²) in [6.07, 6.45) is 12.1. The molecule has 2 aromatic rings. The molecule has 0 bridgehead atoms. The summed E-state index contributed by atoms with van der Waals surface area (Å²) in [5.41, 5.74) is 5.82. The average molecular weight is 561 g/mol. The van der Waals surface area contributed by atoms with Gasteiger partial charge in [0.15, 0.2) is 0 Å². The lowest BCUT2D eigenvalue weighted by Crippen LogP contribution is -2.52. The first kappa shape index (κ1) is 28.2. The molecule has 0 spiro atoms. The smallest absolute Gasteiger partial charge is 0.316 e. The maximum absolute atomic E-state index is 12.2. The zero-order valence-corrected chi connectivity index (χ0v) is 25.5. The van der Waals surface area contributed by atoms with Crippen molar-refractivity contribution in [2.45, 2.75) is 83.6 Å². The van der Waals surface area contributed by atoms with Gasteiger partial charge >= 0.3 is 5.97 Å². The molecular formula is C33H40N2O2S2. The standard InChI is InChI=1S/C33H40N2O2S2/c1-6-37-30(36)20-39-31-25(19-34)24(27-9-7-16-38-27)18-29(35-31)33(5)15-8-14-32(4)26-12-10-22(21(2)3)17-23(26)11-13-28(32)33/h7,9,11,16-18,21,26,28H,6,8,10,12-15,20H2,1-5H3/t26-,28+,32+,33+/m0/s1. The number of ether oxygens (including phenoxy) is 1. The Morgan fingerprint density at radius 1 is 1.33 bits per heavy atom. The lowest BCUT2D eigenvalue weighted by molar-refractivity contribution is -0.139. The van der Waals surface area contributed by atoms with Gasteiger partial charge in [-0.25, -0.2) is 4.98 Å². The average Bonchev–Trinajstić information content (AvgIpc) is 3.46. The molecule has 206 valence electrons. The molecule has 4 nitrogen and oxygen atoms in total. The first-order valence-corrected chi connectivity index (χ1v) is 16.3. The van der Waals surface area contributed by atoms with Crippen molar-refractivity contribution in [2.75, 3.05) is 12.4 Å². The summed E-state index contributed by atoms with van der Waals surface area (Å²) < 4.78 is 5.18. The Bertz CT molecular complexity index is 1340. The number of aromatic nitrogens is 1. The molecule has 0 aromatic carbocycles.